The molecule has 1 aliphatic carbocycles. The number of carbonyl (C=O) groups is 1. The number of hydrogen-bond donors (Lipinski definition) is 3. The normalized spacial score (nSPS) is 21.1. The molecule has 1 saturated heterocycles. The van der Waals surface area contributed by atoms with Crippen LogP contribution in [0.25, 0.3) is 0 Å². The Morgan fingerprint density at radius 2 is 2.07 bits per heavy atom. The van der Waals surface area contributed by atoms with Crippen LogP contribution in [0.15, 0.2) is 29.3 Å². The molecule has 0 bridgehead atoms. The number of likely N-dealkylation sites (tertiary alicyclic amines) is 1. The van der Waals surface area contributed by atoms with Gasteiger partial charge in [-0.1, -0.05) is 25.0 Å². The fraction of sp³-hybridized carbons (Fsp3) is 0.636. The minimum atomic E-state index is -0.0478. The third kappa shape index (κ3) is 5.71. The number of amides is 1. The fourth-order valence-corrected chi connectivity index (χ4v) is 4.33. The van der Waals surface area contributed by atoms with E-state index in [-0.39, 0.29) is 5.91 Å². The summed E-state index contributed by atoms with van der Waals surface area (Å²) in [6.07, 6.45) is 7.54. The summed E-state index contributed by atoms with van der Waals surface area (Å²) in [5.41, 5.74) is 1.83. The molecule has 6 nitrogen and oxygen atoms in total. The number of nitrogens with zero attached hydrogens (tertiary/aromatic N) is 2. The number of nitrogens with one attached hydrogen (secondary N) is 3. The molecule has 1 amide bonds. The molecule has 3 N–H and O–H groups in total. The van der Waals surface area contributed by atoms with Gasteiger partial charge >= 0.3 is 0 Å². The molecule has 0 aromatic heterocycles. The Hall–Kier alpha value is -2.08. The highest BCUT2D eigenvalue weighted by Crippen LogP contribution is 2.26. The van der Waals surface area contributed by atoms with Gasteiger partial charge in [-0.15, -0.1) is 0 Å². The molecule has 3 rings (SSSR count). The fourth-order valence-electron chi connectivity index (χ4n) is 4.33. The van der Waals surface area contributed by atoms with E-state index in [2.05, 4.69) is 33.8 Å². The quantitative estimate of drug-likeness (QED) is 0.497. The number of rotatable bonds is 7. The highest BCUT2D eigenvalue weighted by Gasteiger charge is 2.30. The van der Waals surface area contributed by atoms with Gasteiger partial charge in [0.05, 0.1) is 0 Å². The van der Waals surface area contributed by atoms with Gasteiger partial charge < -0.3 is 16.0 Å². The highest BCUT2D eigenvalue weighted by atomic mass is 16.1. The Balaban J connectivity index is 1.51. The molecule has 1 aromatic carbocycles. The Bertz CT molecular complexity index is 669. The molecule has 154 valence electrons. The highest BCUT2D eigenvalue weighted by molar-refractivity contribution is 5.94. The summed E-state index contributed by atoms with van der Waals surface area (Å²) in [6.45, 7) is 5.99. The second-order valence-corrected chi connectivity index (χ2v) is 7.85. The first-order valence-electron chi connectivity index (χ1n) is 10.8. The Morgan fingerprint density at radius 1 is 1.25 bits per heavy atom. The Labute approximate surface area is 169 Å². The van der Waals surface area contributed by atoms with Crippen LogP contribution in [0.5, 0.6) is 0 Å². The summed E-state index contributed by atoms with van der Waals surface area (Å²) in [4.78, 5) is 19.2. The summed E-state index contributed by atoms with van der Waals surface area (Å²) >= 11 is 0. The van der Waals surface area contributed by atoms with Gasteiger partial charge in [0.25, 0.3) is 5.91 Å². The average molecular weight is 386 g/mol. The zero-order chi connectivity index (χ0) is 19.8. The third-order valence-electron chi connectivity index (χ3n) is 5.83. The van der Waals surface area contributed by atoms with Crippen LogP contribution in [0.2, 0.25) is 0 Å². The number of hydrogen-bond acceptors (Lipinski definition) is 3. The molecule has 1 heterocycles. The predicted octanol–water partition coefficient (Wildman–Crippen LogP) is 2.16. The summed E-state index contributed by atoms with van der Waals surface area (Å²) in [6, 6.07) is 9.06. The zero-order valence-electron chi connectivity index (χ0n) is 17.3. The van der Waals surface area contributed by atoms with Gasteiger partial charge in [-0.3, -0.25) is 14.7 Å². The second kappa shape index (κ2) is 10.5. The van der Waals surface area contributed by atoms with Crippen LogP contribution in [-0.4, -0.2) is 62.1 Å². The van der Waals surface area contributed by atoms with Crippen molar-refractivity contribution in [1.82, 2.24) is 20.9 Å². The smallest absolute Gasteiger partial charge is 0.251 e. The summed E-state index contributed by atoms with van der Waals surface area (Å²) in [5.74, 6) is 0.858. The predicted molar refractivity (Wildman–Crippen MR) is 115 cm³/mol. The molecule has 1 unspecified atom stereocenters. The van der Waals surface area contributed by atoms with Crippen molar-refractivity contribution < 1.29 is 4.79 Å². The summed E-state index contributed by atoms with van der Waals surface area (Å²) in [5, 5.41) is 9.68. The Kier molecular flexibility index (Phi) is 7.71. The van der Waals surface area contributed by atoms with Gasteiger partial charge in [-0.25, -0.2) is 0 Å². The zero-order valence-corrected chi connectivity index (χ0v) is 17.3. The lowest BCUT2D eigenvalue weighted by molar-refractivity contribution is 0.0963. The standard InChI is InChI=1S/C22H35N5O/c1-3-24-22(26-19-12-14-27(16-19)20-9-4-5-10-20)25-13-11-17-7-6-8-18(15-17)21(28)23-2/h6-8,15,19-20H,3-5,9-14,16H2,1-2H3,(H,23,28)(H2,24,25,26). The molecule has 2 aliphatic rings. The van der Waals surface area contributed by atoms with Crippen LogP contribution in [0.3, 0.4) is 0 Å². The van der Waals surface area contributed by atoms with Crippen molar-refractivity contribution in [3.8, 4) is 0 Å². The van der Waals surface area contributed by atoms with Gasteiger partial charge in [0.2, 0.25) is 0 Å². The number of guanidine groups is 1. The lowest BCUT2D eigenvalue weighted by Gasteiger charge is -2.24. The molecule has 1 aromatic rings. The maximum atomic E-state index is 11.8. The third-order valence-corrected chi connectivity index (χ3v) is 5.83. The van der Waals surface area contributed by atoms with Crippen LogP contribution in [-0.2, 0) is 6.42 Å². The molecule has 2 fully saturated rings. The van der Waals surface area contributed by atoms with Crippen molar-refractivity contribution in [3.63, 3.8) is 0 Å². The van der Waals surface area contributed by atoms with Crippen molar-refractivity contribution in [1.29, 1.82) is 0 Å². The van der Waals surface area contributed by atoms with E-state index in [1.165, 1.54) is 38.6 Å². The number of aliphatic imine (C=N–C) groups is 1. The van der Waals surface area contributed by atoms with E-state index in [1.807, 2.05) is 18.2 Å². The van der Waals surface area contributed by atoms with E-state index in [4.69, 9.17) is 4.99 Å². The van der Waals surface area contributed by atoms with Crippen molar-refractivity contribution in [2.75, 3.05) is 33.2 Å². The first-order valence-corrected chi connectivity index (χ1v) is 10.8. The maximum absolute atomic E-state index is 11.8. The van der Waals surface area contributed by atoms with Crippen LogP contribution in [0.1, 0.15) is 54.9 Å². The maximum Gasteiger partial charge on any atom is 0.251 e. The lowest BCUT2D eigenvalue weighted by atomic mass is 10.1. The van der Waals surface area contributed by atoms with E-state index in [1.54, 1.807) is 7.05 Å². The van der Waals surface area contributed by atoms with Crippen LogP contribution in [0, 0.1) is 0 Å². The van der Waals surface area contributed by atoms with E-state index >= 15 is 0 Å². The van der Waals surface area contributed by atoms with E-state index in [9.17, 15) is 4.79 Å². The van der Waals surface area contributed by atoms with Crippen molar-refractivity contribution in [3.05, 3.63) is 35.4 Å². The molecule has 1 atom stereocenters. The monoisotopic (exact) mass is 385 g/mol. The topological polar surface area (TPSA) is 68.8 Å². The van der Waals surface area contributed by atoms with Crippen molar-refractivity contribution >= 4 is 11.9 Å². The first kappa shape index (κ1) is 20.6. The number of benzene rings is 1. The van der Waals surface area contributed by atoms with Gasteiger partial charge in [0.15, 0.2) is 5.96 Å². The van der Waals surface area contributed by atoms with Crippen molar-refractivity contribution in [2.24, 2.45) is 4.99 Å². The van der Waals surface area contributed by atoms with E-state index in [0.717, 1.165) is 37.1 Å². The van der Waals surface area contributed by atoms with Crippen LogP contribution >= 0.6 is 0 Å². The molecule has 6 heteroatoms. The minimum Gasteiger partial charge on any atom is -0.357 e. The molecule has 0 spiro atoms. The van der Waals surface area contributed by atoms with Crippen molar-refractivity contribution in [2.45, 2.75) is 57.5 Å². The van der Waals surface area contributed by atoms with E-state index in [0.29, 0.717) is 18.2 Å². The molecular weight excluding hydrogens is 350 g/mol. The second-order valence-electron chi connectivity index (χ2n) is 7.85. The molecule has 28 heavy (non-hydrogen) atoms. The molecule has 0 radical (unpaired) electrons. The summed E-state index contributed by atoms with van der Waals surface area (Å²) < 4.78 is 0. The molecule has 1 saturated carbocycles. The van der Waals surface area contributed by atoms with Gasteiger partial charge in [-0.05, 0) is 50.3 Å². The largest absolute Gasteiger partial charge is 0.357 e. The molecule has 1 aliphatic heterocycles. The SMILES string of the molecule is CCNC(=NCCc1cccc(C(=O)NC)c1)NC1CCN(C2CCCC2)C1. The van der Waals surface area contributed by atoms with Gasteiger partial charge in [0.1, 0.15) is 0 Å². The molecular formula is C22H35N5O. The minimum absolute atomic E-state index is 0.0478. The number of carbonyl (C=O) groups excluding carboxylic acids is 1. The Morgan fingerprint density at radius 3 is 2.82 bits per heavy atom. The van der Waals surface area contributed by atoms with Crippen LogP contribution < -0.4 is 16.0 Å². The average Bonchev–Trinajstić information content (AvgIpc) is 3.39. The van der Waals surface area contributed by atoms with Gasteiger partial charge in [0, 0.05) is 50.9 Å². The van der Waals surface area contributed by atoms with E-state index < -0.39 is 0 Å². The van der Waals surface area contributed by atoms with Gasteiger partial charge in [-0.2, -0.15) is 0 Å². The first-order chi connectivity index (χ1) is 13.7. The summed E-state index contributed by atoms with van der Waals surface area (Å²) in [7, 11) is 1.66. The van der Waals surface area contributed by atoms with Crippen LogP contribution in [0.4, 0.5) is 0 Å². The lowest BCUT2D eigenvalue weighted by Crippen LogP contribution is -2.45.